The fourth-order valence-electron chi connectivity index (χ4n) is 3.67. The molecule has 5 rings (SSSR count). The van der Waals surface area contributed by atoms with Crippen LogP contribution < -0.4 is 10.7 Å². The molecule has 8 heteroatoms. The molecule has 160 valence electrons. The van der Waals surface area contributed by atoms with Gasteiger partial charge in [0.15, 0.2) is 5.82 Å². The van der Waals surface area contributed by atoms with E-state index in [9.17, 15) is 4.79 Å². The molecule has 6 nitrogen and oxygen atoms in total. The maximum absolute atomic E-state index is 13.4. The van der Waals surface area contributed by atoms with Gasteiger partial charge in [-0.1, -0.05) is 84.0 Å². The number of carbonyl (C=O) groups excluding carboxylic acids is 1. The molecule has 0 saturated heterocycles. The lowest BCUT2D eigenvalue weighted by Gasteiger charge is -2.33. The first-order valence-corrected chi connectivity index (χ1v) is 11.4. The second-order valence-electron chi connectivity index (χ2n) is 7.51. The molecular weight excluding hydrogens is 442 g/mol. The number of para-hydroxylation sites is 1. The molecule has 2 N–H and O–H groups in total. The molecule has 0 radical (unpaired) electrons. The molecule has 0 fully saturated rings. The van der Waals surface area contributed by atoms with E-state index in [1.807, 2.05) is 90.5 Å². The number of aromatic nitrogens is 3. The fourth-order valence-corrected chi connectivity index (χ4v) is 4.87. The van der Waals surface area contributed by atoms with Gasteiger partial charge in [-0.25, -0.2) is 4.68 Å². The third-order valence-corrected chi connectivity index (χ3v) is 6.83. The van der Waals surface area contributed by atoms with E-state index in [0.717, 1.165) is 22.4 Å². The number of nitrogens with zero attached hydrogens (tertiary/aromatic N) is 3. The first-order chi connectivity index (χ1) is 15.6. The zero-order valence-electron chi connectivity index (χ0n) is 17.2. The Labute approximate surface area is 195 Å². The van der Waals surface area contributed by atoms with Crippen LogP contribution in [0.4, 0.5) is 5.69 Å². The molecule has 2 heterocycles. The summed E-state index contributed by atoms with van der Waals surface area (Å²) in [6.07, 6.45) is 0. The van der Waals surface area contributed by atoms with E-state index in [0.29, 0.717) is 16.0 Å². The van der Waals surface area contributed by atoms with Gasteiger partial charge in [-0.15, -0.1) is 10.2 Å². The molecule has 32 heavy (non-hydrogen) atoms. The van der Waals surface area contributed by atoms with Crippen LogP contribution in [0.1, 0.15) is 17.2 Å². The van der Waals surface area contributed by atoms with Gasteiger partial charge in [-0.3, -0.25) is 4.79 Å². The third-order valence-electron chi connectivity index (χ3n) is 5.36. The molecule has 0 bridgehead atoms. The molecule has 4 aromatic rings. The van der Waals surface area contributed by atoms with E-state index in [1.54, 1.807) is 0 Å². The van der Waals surface area contributed by atoms with E-state index < -0.39 is 5.25 Å². The first-order valence-electron chi connectivity index (χ1n) is 10.2. The summed E-state index contributed by atoms with van der Waals surface area (Å²) in [5.41, 5.74) is 7.17. The van der Waals surface area contributed by atoms with Gasteiger partial charge in [-0.05, 0) is 36.2 Å². The Morgan fingerprint density at radius 3 is 2.47 bits per heavy atom. The maximum atomic E-state index is 13.4. The lowest BCUT2D eigenvalue weighted by molar-refractivity contribution is -0.116. The van der Waals surface area contributed by atoms with E-state index >= 15 is 0 Å². The summed E-state index contributed by atoms with van der Waals surface area (Å²) >= 11 is 7.51. The van der Waals surface area contributed by atoms with Gasteiger partial charge in [0.2, 0.25) is 11.1 Å². The standard InChI is InChI=1S/C24H20ClN5OS/c1-15-7-5-6-10-19(15)26-23(31)21-20(16-11-13-18(25)14-12-16)29-30-22(27-28-24(30)32-21)17-8-3-2-4-9-17/h2-14,20-21,29H,1H3,(H,26,31). The van der Waals surface area contributed by atoms with Crippen molar-refractivity contribution in [2.24, 2.45) is 0 Å². The molecule has 2 atom stereocenters. The summed E-state index contributed by atoms with van der Waals surface area (Å²) in [6, 6.07) is 24.8. The topological polar surface area (TPSA) is 71.8 Å². The predicted octanol–water partition coefficient (Wildman–Crippen LogP) is 5.30. The summed E-state index contributed by atoms with van der Waals surface area (Å²) in [6.45, 7) is 1.97. The fraction of sp³-hybridized carbons (Fsp3) is 0.125. The van der Waals surface area contributed by atoms with Crippen LogP contribution in [-0.2, 0) is 4.79 Å². The average Bonchev–Trinajstić information content (AvgIpc) is 3.24. The maximum Gasteiger partial charge on any atom is 0.240 e. The summed E-state index contributed by atoms with van der Waals surface area (Å²) in [7, 11) is 0. The van der Waals surface area contributed by atoms with Crippen molar-refractivity contribution < 1.29 is 4.79 Å². The van der Waals surface area contributed by atoms with Gasteiger partial charge in [0.05, 0.1) is 6.04 Å². The van der Waals surface area contributed by atoms with Crippen LogP contribution in [0, 0.1) is 6.92 Å². The molecule has 0 aliphatic carbocycles. The third kappa shape index (κ3) is 3.97. The Bertz CT molecular complexity index is 1260. The summed E-state index contributed by atoms with van der Waals surface area (Å²) < 4.78 is 1.86. The van der Waals surface area contributed by atoms with Crippen LogP contribution in [0.15, 0.2) is 84.0 Å². The van der Waals surface area contributed by atoms with Crippen LogP contribution in [0.25, 0.3) is 11.4 Å². The van der Waals surface area contributed by atoms with Crippen molar-refractivity contribution in [3.63, 3.8) is 0 Å². The van der Waals surface area contributed by atoms with Crippen molar-refractivity contribution >= 4 is 35.0 Å². The highest BCUT2D eigenvalue weighted by molar-refractivity contribution is 8.00. The zero-order valence-corrected chi connectivity index (χ0v) is 18.8. The SMILES string of the molecule is Cc1ccccc1NC(=O)C1Sc2nnc(-c3ccccc3)n2NC1c1ccc(Cl)cc1. The number of carbonyl (C=O) groups is 1. The number of halogens is 1. The quantitative estimate of drug-likeness (QED) is 0.431. The van der Waals surface area contributed by atoms with Crippen molar-refractivity contribution in [2.75, 3.05) is 10.7 Å². The average molecular weight is 462 g/mol. The smallest absolute Gasteiger partial charge is 0.240 e. The summed E-state index contributed by atoms with van der Waals surface area (Å²) in [5, 5.41) is 12.6. The number of hydrogen-bond donors (Lipinski definition) is 2. The Hall–Kier alpha value is -3.29. The summed E-state index contributed by atoms with van der Waals surface area (Å²) in [5.74, 6) is 0.595. The number of hydrogen-bond acceptors (Lipinski definition) is 5. The molecular formula is C24H20ClN5OS. The van der Waals surface area contributed by atoms with E-state index in [2.05, 4.69) is 20.9 Å². The van der Waals surface area contributed by atoms with Crippen LogP contribution in [0.3, 0.4) is 0 Å². The van der Waals surface area contributed by atoms with Crippen LogP contribution in [-0.4, -0.2) is 26.0 Å². The van der Waals surface area contributed by atoms with Crippen molar-refractivity contribution in [2.45, 2.75) is 23.4 Å². The molecule has 3 aromatic carbocycles. The minimum atomic E-state index is -0.462. The molecule has 1 amide bonds. The number of thioether (sulfide) groups is 1. The Balaban J connectivity index is 1.52. The van der Waals surface area contributed by atoms with E-state index in [-0.39, 0.29) is 11.9 Å². The summed E-state index contributed by atoms with van der Waals surface area (Å²) in [4.78, 5) is 13.4. The molecule has 0 saturated carbocycles. The number of nitrogens with one attached hydrogen (secondary N) is 2. The molecule has 1 aliphatic rings. The largest absolute Gasteiger partial charge is 0.325 e. The van der Waals surface area contributed by atoms with Crippen molar-refractivity contribution in [3.8, 4) is 11.4 Å². The van der Waals surface area contributed by atoms with Crippen LogP contribution in [0.2, 0.25) is 5.02 Å². The molecule has 2 unspecified atom stereocenters. The van der Waals surface area contributed by atoms with Crippen molar-refractivity contribution in [1.29, 1.82) is 0 Å². The Morgan fingerprint density at radius 2 is 1.72 bits per heavy atom. The monoisotopic (exact) mass is 461 g/mol. The molecule has 1 aromatic heterocycles. The highest BCUT2D eigenvalue weighted by Crippen LogP contribution is 2.39. The number of anilines is 1. The second kappa shape index (κ2) is 8.68. The van der Waals surface area contributed by atoms with Gasteiger partial charge in [0.25, 0.3) is 0 Å². The van der Waals surface area contributed by atoms with Gasteiger partial charge in [0.1, 0.15) is 5.25 Å². The van der Waals surface area contributed by atoms with Gasteiger partial charge in [0, 0.05) is 16.3 Å². The lowest BCUT2D eigenvalue weighted by Crippen LogP contribution is -2.41. The lowest BCUT2D eigenvalue weighted by atomic mass is 10.0. The predicted molar refractivity (Wildman–Crippen MR) is 128 cm³/mol. The van der Waals surface area contributed by atoms with E-state index in [4.69, 9.17) is 11.6 Å². The highest BCUT2D eigenvalue weighted by atomic mass is 35.5. The van der Waals surface area contributed by atoms with Crippen LogP contribution in [0.5, 0.6) is 0 Å². The van der Waals surface area contributed by atoms with Gasteiger partial charge >= 0.3 is 0 Å². The first kappa shape index (κ1) is 20.6. The second-order valence-corrected chi connectivity index (χ2v) is 9.05. The Kier molecular flexibility index (Phi) is 5.59. The minimum absolute atomic E-state index is 0.104. The number of aryl methyl sites for hydroxylation is 1. The number of benzene rings is 3. The number of fused-ring (bicyclic) bond motifs is 1. The van der Waals surface area contributed by atoms with Crippen molar-refractivity contribution in [1.82, 2.24) is 14.9 Å². The normalized spacial score (nSPS) is 17.3. The zero-order chi connectivity index (χ0) is 22.1. The van der Waals surface area contributed by atoms with Crippen molar-refractivity contribution in [3.05, 3.63) is 95.0 Å². The highest BCUT2D eigenvalue weighted by Gasteiger charge is 2.38. The number of rotatable bonds is 4. The molecule has 1 aliphatic heterocycles. The van der Waals surface area contributed by atoms with Gasteiger partial charge in [-0.2, -0.15) is 0 Å². The molecule has 0 spiro atoms. The number of amides is 1. The Morgan fingerprint density at radius 1 is 1.00 bits per heavy atom. The van der Waals surface area contributed by atoms with Crippen LogP contribution >= 0.6 is 23.4 Å². The van der Waals surface area contributed by atoms with Gasteiger partial charge < -0.3 is 10.7 Å². The minimum Gasteiger partial charge on any atom is -0.325 e. The van der Waals surface area contributed by atoms with E-state index in [1.165, 1.54) is 11.8 Å².